The van der Waals surface area contributed by atoms with Gasteiger partial charge in [-0.2, -0.15) is 0 Å². The van der Waals surface area contributed by atoms with Gasteiger partial charge in [0, 0.05) is 44.4 Å². The highest BCUT2D eigenvalue weighted by Crippen LogP contribution is 1.94. The first-order valence-electron chi connectivity index (χ1n) is 6.61. The van der Waals surface area contributed by atoms with Gasteiger partial charge in [-0.1, -0.05) is 13.8 Å². The maximum Gasteiger partial charge on any atom is 0.251 e. The van der Waals surface area contributed by atoms with E-state index in [1.807, 2.05) is 13.8 Å². The molecule has 20 heavy (non-hydrogen) atoms. The Balaban J connectivity index is 2.38. The second kappa shape index (κ2) is 7.47. The van der Waals surface area contributed by atoms with E-state index in [9.17, 15) is 14.4 Å². The third-order valence-electron chi connectivity index (χ3n) is 2.71. The molecule has 1 aromatic heterocycles. The van der Waals surface area contributed by atoms with Crippen LogP contribution in [0.4, 0.5) is 0 Å². The molecule has 0 saturated heterocycles. The number of aromatic nitrogens is 1. The summed E-state index contributed by atoms with van der Waals surface area (Å²) in [5.41, 5.74) is 0.0583. The molecular weight excluding hydrogens is 258 g/mol. The van der Waals surface area contributed by atoms with Crippen LogP contribution >= 0.6 is 0 Å². The zero-order valence-corrected chi connectivity index (χ0v) is 12.1. The smallest absolute Gasteiger partial charge is 0.251 e. The van der Waals surface area contributed by atoms with Crippen LogP contribution in [0.1, 0.15) is 30.6 Å². The van der Waals surface area contributed by atoms with E-state index in [0.717, 1.165) is 0 Å². The molecule has 6 nitrogen and oxygen atoms in total. The van der Waals surface area contributed by atoms with Gasteiger partial charge in [-0.3, -0.25) is 14.4 Å². The molecular formula is C14H21N3O3. The summed E-state index contributed by atoms with van der Waals surface area (Å²) in [5, 5.41) is 5.38. The normalized spacial score (nSPS) is 10.4. The maximum atomic E-state index is 11.8. The van der Waals surface area contributed by atoms with Crippen LogP contribution in [0.2, 0.25) is 0 Å². The summed E-state index contributed by atoms with van der Waals surface area (Å²) in [7, 11) is 1.61. The molecule has 0 atom stereocenters. The number of hydrogen-bond donors (Lipinski definition) is 2. The number of rotatable bonds is 6. The third kappa shape index (κ3) is 5.26. The minimum atomic E-state index is -0.348. The van der Waals surface area contributed by atoms with Gasteiger partial charge in [0.25, 0.3) is 11.5 Å². The van der Waals surface area contributed by atoms with E-state index in [1.165, 1.54) is 16.8 Å². The van der Waals surface area contributed by atoms with E-state index < -0.39 is 0 Å². The fraction of sp³-hybridized carbons (Fsp3) is 0.500. The van der Waals surface area contributed by atoms with Gasteiger partial charge < -0.3 is 15.2 Å². The molecule has 0 aliphatic rings. The van der Waals surface area contributed by atoms with Crippen LogP contribution in [0.3, 0.4) is 0 Å². The van der Waals surface area contributed by atoms with Crippen molar-refractivity contribution in [3.8, 4) is 0 Å². The lowest BCUT2D eigenvalue weighted by Crippen LogP contribution is -2.32. The Morgan fingerprint density at radius 2 is 2.00 bits per heavy atom. The van der Waals surface area contributed by atoms with E-state index >= 15 is 0 Å². The van der Waals surface area contributed by atoms with Gasteiger partial charge in [-0.25, -0.2) is 0 Å². The molecule has 0 aliphatic carbocycles. The van der Waals surface area contributed by atoms with Crippen LogP contribution in [0, 0.1) is 5.92 Å². The molecule has 0 aliphatic heterocycles. The van der Waals surface area contributed by atoms with Gasteiger partial charge in [-0.15, -0.1) is 0 Å². The predicted octanol–water partition coefficient (Wildman–Crippen LogP) is 0.277. The lowest BCUT2D eigenvalue weighted by atomic mass is 10.2. The molecule has 1 heterocycles. The Hall–Kier alpha value is -2.11. The summed E-state index contributed by atoms with van der Waals surface area (Å²) >= 11 is 0. The molecule has 0 aromatic carbocycles. The van der Waals surface area contributed by atoms with E-state index in [0.29, 0.717) is 18.0 Å². The molecule has 1 aromatic rings. The zero-order chi connectivity index (χ0) is 15.1. The van der Waals surface area contributed by atoms with Crippen molar-refractivity contribution in [2.45, 2.75) is 20.3 Å². The van der Waals surface area contributed by atoms with Gasteiger partial charge in [-0.05, 0) is 12.0 Å². The molecule has 0 radical (unpaired) electrons. The van der Waals surface area contributed by atoms with Gasteiger partial charge >= 0.3 is 0 Å². The number of amides is 2. The van der Waals surface area contributed by atoms with Crippen molar-refractivity contribution in [3.05, 3.63) is 34.2 Å². The van der Waals surface area contributed by atoms with Crippen molar-refractivity contribution in [3.63, 3.8) is 0 Å². The molecule has 0 saturated carbocycles. The lowest BCUT2D eigenvalue weighted by molar-refractivity contribution is -0.121. The minimum absolute atomic E-state index is 0.0945. The van der Waals surface area contributed by atoms with Crippen LogP contribution < -0.4 is 16.2 Å². The van der Waals surface area contributed by atoms with Crippen LogP contribution in [0.25, 0.3) is 0 Å². The Morgan fingerprint density at radius 1 is 1.30 bits per heavy atom. The van der Waals surface area contributed by atoms with Crippen LogP contribution in [-0.2, 0) is 11.8 Å². The first kappa shape index (κ1) is 15.9. The van der Waals surface area contributed by atoms with Crippen molar-refractivity contribution in [2.24, 2.45) is 13.0 Å². The quantitative estimate of drug-likeness (QED) is 0.785. The summed E-state index contributed by atoms with van der Waals surface area (Å²) in [4.78, 5) is 34.6. The van der Waals surface area contributed by atoms with Crippen molar-refractivity contribution in [2.75, 3.05) is 13.1 Å². The Labute approximate surface area is 118 Å². The second-order valence-corrected chi connectivity index (χ2v) is 5.07. The van der Waals surface area contributed by atoms with E-state index in [2.05, 4.69) is 10.6 Å². The summed E-state index contributed by atoms with van der Waals surface area (Å²) in [5.74, 6) is -0.0450. The molecule has 0 fully saturated rings. The Kier molecular flexibility index (Phi) is 5.96. The van der Waals surface area contributed by atoms with E-state index in [1.54, 1.807) is 13.1 Å². The summed E-state index contributed by atoms with van der Waals surface area (Å²) in [6.07, 6.45) is 1.76. The van der Waals surface area contributed by atoms with Crippen LogP contribution in [0.5, 0.6) is 0 Å². The first-order chi connectivity index (χ1) is 9.40. The van der Waals surface area contributed by atoms with Crippen molar-refractivity contribution in [1.29, 1.82) is 0 Å². The SMILES string of the molecule is CC(C)CNC(=O)CCNC(=O)c1ccn(C)c(=O)c1. The highest BCUT2D eigenvalue weighted by molar-refractivity contribution is 5.94. The van der Waals surface area contributed by atoms with Crippen molar-refractivity contribution >= 4 is 11.8 Å². The Morgan fingerprint density at radius 3 is 2.60 bits per heavy atom. The van der Waals surface area contributed by atoms with Crippen molar-refractivity contribution < 1.29 is 9.59 Å². The summed E-state index contributed by atoms with van der Waals surface area (Å²) < 4.78 is 1.39. The highest BCUT2D eigenvalue weighted by atomic mass is 16.2. The number of nitrogens with one attached hydrogen (secondary N) is 2. The molecule has 0 spiro atoms. The summed E-state index contributed by atoms with van der Waals surface area (Å²) in [6, 6.07) is 2.84. The average Bonchev–Trinajstić information content (AvgIpc) is 2.39. The van der Waals surface area contributed by atoms with Gasteiger partial charge in [0.2, 0.25) is 5.91 Å². The fourth-order valence-corrected chi connectivity index (χ4v) is 1.49. The summed E-state index contributed by atoms with van der Waals surface area (Å²) in [6.45, 7) is 4.90. The largest absolute Gasteiger partial charge is 0.356 e. The van der Waals surface area contributed by atoms with Crippen molar-refractivity contribution in [1.82, 2.24) is 15.2 Å². The topological polar surface area (TPSA) is 80.2 Å². The molecule has 0 unspecified atom stereocenters. The lowest BCUT2D eigenvalue weighted by Gasteiger charge is -2.08. The van der Waals surface area contributed by atoms with Gasteiger partial charge in [0.1, 0.15) is 0 Å². The molecule has 0 bridgehead atoms. The minimum Gasteiger partial charge on any atom is -0.356 e. The van der Waals surface area contributed by atoms with Crippen LogP contribution in [-0.4, -0.2) is 29.5 Å². The monoisotopic (exact) mass is 279 g/mol. The standard InChI is InChI=1S/C14H21N3O3/c1-10(2)9-16-12(18)4-6-15-14(20)11-5-7-17(3)13(19)8-11/h5,7-8,10H,4,6,9H2,1-3H3,(H,15,20)(H,16,18). The maximum absolute atomic E-state index is 11.8. The molecule has 2 amide bonds. The second-order valence-electron chi connectivity index (χ2n) is 5.07. The molecule has 1 rings (SSSR count). The Bertz CT molecular complexity index is 535. The molecule has 6 heteroatoms. The number of pyridine rings is 1. The molecule has 2 N–H and O–H groups in total. The number of carbonyl (C=O) groups is 2. The van der Waals surface area contributed by atoms with Gasteiger partial charge in [0.05, 0.1) is 0 Å². The zero-order valence-electron chi connectivity index (χ0n) is 12.1. The number of carbonyl (C=O) groups excluding carboxylic acids is 2. The van der Waals surface area contributed by atoms with Gasteiger partial charge in [0.15, 0.2) is 0 Å². The fourth-order valence-electron chi connectivity index (χ4n) is 1.49. The molecule has 110 valence electrons. The number of hydrogen-bond acceptors (Lipinski definition) is 3. The van der Waals surface area contributed by atoms with Crippen LogP contribution in [0.15, 0.2) is 23.1 Å². The van der Waals surface area contributed by atoms with E-state index in [-0.39, 0.29) is 30.3 Å². The number of nitrogens with zero attached hydrogens (tertiary/aromatic N) is 1. The first-order valence-corrected chi connectivity index (χ1v) is 6.61. The highest BCUT2D eigenvalue weighted by Gasteiger charge is 2.07. The predicted molar refractivity (Wildman–Crippen MR) is 76.5 cm³/mol. The average molecular weight is 279 g/mol. The number of aryl methyl sites for hydroxylation is 1. The third-order valence-corrected chi connectivity index (χ3v) is 2.71. The van der Waals surface area contributed by atoms with E-state index in [4.69, 9.17) is 0 Å².